The highest BCUT2D eigenvalue weighted by molar-refractivity contribution is 5.93. The highest BCUT2D eigenvalue weighted by Crippen LogP contribution is 2.46. The van der Waals surface area contributed by atoms with Crippen molar-refractivity contribution in [1.29, 1.82) is 0 Å². The normalized spacial score (nSPS) is 33.8. The summed E-state index contributed by atoms with van der Waals surface area (Å²) in [6, 6.07) is 1.57. The molecule has 4 heterocycles. The number of hydrazine groups is 1. The lowest BCUT2D eigenvalue weighted by atomic mass is 9.69. The Morgan fingerprint density at radius 2 is 1.67 bits per heavy atom. The van der Waals surface area contributed by atoms with Gasteiger partial charge in [0.1, 0.15) is 41.5 Å². The van der Waals surface area contributed by atoms with Crippen molar-refractivity contribution in [3.05, 3.63) is 77.4 Å². The van der Waals surface area contributed by atoms with Crippen molar-refractivity contribution >= 4 is 35.4 Å². The number of aliphatic hydroxyl groups excluding tert-OH is 4. The van der Waals surface area contributed by atoms with E-state index in [1.54, 1.807) is 58.1 Å². The first-order valence-electron chi connectivity index (χ1n) is 28.8. The van der Waals surface area contributed by atoms with E-state index in [-0.39, 0.29) is 79.3 Å². The number of rotatable bonds is 15. The number of piperidine rings is 1. The third kappa shape index (κ3) is 16.9. The van der Waals surface area contributed by atoms with E-state index in [0.717, 1.165) is 6.42 Å². The number of fused-ring (bicyclic) bond motifs is 2. The first-order valence-corrected chi connectivity index (χ1v) is 28.8. The molecule has 4 aliphatic rings. The number of aliphatic hydroxyl groups is 4. The molecule has 4 aliphatic heterocycles. The van der Waals surface area contributed by atoms with Crippen LogP contribution in [0.15, 0.2) is 66.3 Å². The summed E-state index contributed by atoms with van der Waals surface area (Å²) in [6.07, 6.45) is 10.6. The minimum atomic E-state index is -1.44. The zero-order valence-corrected chi connectivity index (χ0v) is 48.5. The molecule has 0 saturated carbocycles. The summed E-state index contributed by atoms with van der Waals surface area (Å²) in [5.74, 6) is -6.29. The van der Waals surface area contributed by atoms with Crippen LogP contribution in [0.5, 0.6) is 5.75 Å². The van der Waals surface area contributed by atoms with E-state index in [2.05, 4.69) is 28.3 Å². The first kappa shape index (κ1) is 64.6. The quantitative estimate of drug-likeness (QED) is 0.0752. The summed E-state index contributed by atoms with van der Waals surface area (Å²) in [7, 11) is 0. The number of benzene rings is 1. The molecule has 3 saturated heterocycles. The van der Waals surface area contributed by atoms with Gasteiger partial charge in [0.2, 0.25) is 17.7 Å². The number of nitrogens with one attached hydrogen (secondary N) is 4. The SMILES string of the molecule is CCC1CC(C)C2(NC1=O)OC(CC(O)C(C)CCC=CC=C(C)C1CC=CC=CC(O)C(C)C(O)C(CCC(C)=O)C(=O)NC(C(C)C)C(=O)NC(Cc3ccc(C)c(O)c3)C(=O)N3CCCC(N3)C(=O)O1)C(C)C(O)C2C. The molecular formula is C61H93N5O13. The Kier molecular flexibility index (Phi) is 24.1. The number of phenols is 1. The van der Waals surface area contributed by atoms with E-state index in [0.29, 0.717) is 55.2 Å². The number of cyclic esters (lactones) is 1. The third-order valence-corrected chi connectivity index (χ3v) is 17.2. The van der Waals surface area contributed by atoms with Crippen LogP contribution in [0.4, 0.5) is 0 Å². The van der Waals surface area contributed by atoms with E-state index in [1.807, 2.05) is 52.8 Å². The summed E-state index contributed by atoms with van der Waals surface area (Å²) in [5.41, 5.74) is 3.89. The maximum Gasteiger partial charge on any atom is 0.325 e. The largest absolute Gasteiger partial charge is 0.508 e. The molecule has 1 spiro atoms. The number of allylic oxidation sites excluding steroid dienone is 5. The van der Waals surface area contributed by atoms with E-state index >= 15 is 0 Å². The number of aromatic hydroxyl groups is 1. The van der Waals surface area contributed by atoms with Crippen molar-refractivity contribution in [2.24, 2.45) is 47.3 Å². The summed E-state index contributed by atoms with van der Waals surface area (Å²) >= 11 is 0. The van der Waals surface area contributed by atoms with E-state index in [1.165, 1.54) is 24.1 Å². The molecule has 3 fully saturated rings. The second kappa shape index (κ2) is 29.5. The molecule has 0 aliphatic carbocycles. The van der Waals surface area contributed by atoms with E-state index < -0.39 is 102 Å². The lowest BCUT2D eigenvalue weighted by Crippen LogP contribution is -2.71. The maximum absolute atomic E-state index is 14.6. The average Bonchev–Trinajstić information content (AvgIpc) is 3.60. The number of Topliss-reactive ketones (excluding diaryl/α,β-unsaturated/α-hetero) is 1. The zero-order chi connectivity index (χ0) is 58.5. The number of carbonyl (C=O) groups excluding carboxylic acids is 6. The van der Waals surface area contributed by atoms with Gasteiger partial charge in [0.25, 0.3) is 5.91 Å². The van der Waals surface area contributed by atoms with Crippen molar-refractivity contribution in [2.75, 3.05) is 6.54 Å². The fourth-order valence-corrected chi connectivity index (χ4v) is 11.4. The Morgan fingerprint density at radius 3 is 2.34 bits per heavy atom. The molecule has 18 nitrogen and oxygen atoms in total. The molecule has 17 atom stereocenters. The van der Waals surface area contributed by atoms with Gasteiger partial charge in [-0.05, 0) is 100 Å². The van der Waals surface area contributed by atoms with Crippen LogP contribution in [0.3, 0.4) is 0 Å². The molecule has 5 rings (SSSR count). The number of amides is 4. The minimum absolute atomic E-state index is 0.000388. The smallest absolute Gasteiger partial charge is 0.325 e. The number of hydrogen-bond donors (Lipinski definition) is 9. The van der Waals surface area contributed by atoms with Crippen LogP contribution in [0.25, 0.3) is 0 Å². The molecule has 79 heavy (non-hydrogen) atoms. The molecule has 4 amide bonds. The van der Waals surface area contributed by atoms with Gasteiger partial charge in [-0.25, -0.2) is 5.43 Å². The van der Waals surface area contributed by atoms with Gasteiger partial charge >= 0.3 is 5.97 Å². The van der Waals surface area contributed by atoms with Crippen molar-refractivity contribution < 1.29 is 63.8 Å². The van der Waals surface area contributed by atoms with Crippen LogP contribution in [0.2, 0.25) is 0 Å². The molecule has 17 unspecified atom stereocenters. The maximum atomic E-state index is 14.6. The molecule has 1 aromatic carbocycles. The first-order chi connectivity index (χ1) is 37.3. The highest BCUT2D eigenvalue weighted by atomic mass is 16.5. The van der Waals surface area contributed by atoms with Crippen LogP contribution in [0, 0.1) is 54.3 Å². The van der Waals surface area contributed by atoms with Crippen molar-refractivity contribution in [1.82, 2.24) is 26.4 Å². The Labute approximate surface area is 468 Å². The zero-order valence-electron chi connectivity index (χ0n) is 48.5. The third-order valence-electron chi connectivity index (χ3n) is 17.2. The number of ether oxygens (including phenoxy) is 2. The number of carbonyl (C=O) groups is 6. The van der Waals surface area contributed by atoms with Crippen LogP contribution >= 0.6 is 0 Å². The molecule has 440 valence electrons. The van der Waals surface area contributed by atoms with Crippen molar-refractivity contribution in [3.63, 3.8) is 0 Å². The predicted octanol–water partition coefficient (Wildman–Crippen LogP) is 5.72. The van der Waals surface area contributed by atoms with Gasteiger partial charge in [0.15, 0.2) is 0 Å². The summed E-state index contributed by atoms with van der Waals surface area (Å²) in [6.45, 7) is 20.0. The lowest BCUT2D eigenvalue weighted by Gasteiger charge is -2.56. The molecule has 1 aromatic rings. The Bertz CT molecular complexity index is 2390. The van der Waals surface area contributed by atoms with Crippen molar-refractivity contribution in [3.8, 4) is 5.75 Å². The predicted molar refractivity (Wildman–Crippen MR) is 300 cm³/mol. The van der Waals surface area contributed by atoms with Gasteiger partial charge < -0.3 is 55.8 Å². The number of hydrogen-bond acceptors (Lipinski definition) is 14. The standard InChI is InChI=1S/C61H93N5O13/c1-12-44-30-38(7)61(64-56(44)73)42(11)54(71)41(10)52(79-61)33-50(70)35(4)20-15-13-16-21-37(6)51-24-18-14-17-23-48(68)40(9)55(72)45(28-26-39(8)67)57(74)63-53(34(2)3)58(75)62-47(31-43-27-25-36(5)49(69)32-43)59(76)66-29-19-22-46(65-66)60(77)78-51/h13-14,16-18,21,23,25,27,32,34-35,38,40-42,44-48,50-55,65,68-72H,12,15,19-20,22,24,26,28-31,33H2,1-11H3,(H,62,75)(H,63,74)(H,64,73). The van der Waals surface area contributed by atoms with Gasteiger partial charge in [-0.15, -0.1) is 0 Å². The molecule has 9 N–H and O–H groups in total. The molecule has 0 radical (unpaired) electrons. The molecule has 18 heteroatoms. The monoisotopic (exact) mass is 1100 g/mol. The van der Waals surface area contributed by atoms with Crippen LogP contribution in [0.1, 0.15) is 145 Å². The summed E-state index contributed by atoms with van der Waals surface area (Å²) < 4.78 is 12.9. The molecule has 0 aromatic heterocycles. The molecular weight excluding hydrogens is 1010 g/mol. The number of ketones is 1. The Balaban J connectivity index is 1.36. The topological polar surface area (TPSA) is 273 Å². The second-order valence-corrected chi connectivity index (χ2v) is 23.6. The Morgan fingerprint density at radius 1 is 0.949 bits per heavy atom. The summed E-state index contributed by atoms with van der Waals surface area (Å²) in [5, 5.41) is 66.4. The van der Waals surface area contributed by atoms with Crippen LogP contribution in [-0.2, 0) is 44.7 Å². The van der Waals surface area contributed by atoms with E-state index in [4.69, 9.17) is 9.47 Å². The highest BCUT2D eigenvalue weighted by Gasteiger charge is 2.57. The van der Waals surface area contributed by atoms with Crippen molar-refractivity contribution in [2.45, 2.75) is 207 Å². The Hall–Kier alpha value is -5.24. The average molecular weight is 1100 g/mol. The lowest BCUT2D eigenvalue weighted by molar-refractivity contribution is -0.267. The van der Waals surface area contributed by atoms with Gasteiger partial charge in [0.05, 0.1) is 36.4 Å². The van der Waals surface area contributed by atoms with Gasteiger partial charge in [-0.1, -0.05) is 110 Å². The van der Waals surface area contributed by atoms with Gasteiger partial charge in [0, 0.05) is 61.8 Å². The van der Waals surface area contributed by atoms with Crippen LogP contribution in [-0.4, -0.2) is 133 Å². The molecule has 2 bridgehead atoms. The fourth-order valence-electron chi connectivity index (χ4n) is 11.4. The fraction of sp³-hybridized carbons (Fsp3) is 0.672. The number of aryl methyl sites for hydroxylation is 1. The second-order valence-electron chi connectivity index (χ2n) is 23.6. The van der Waals surface area contributed by atoms with Crippen LogP contribution < -0.4 is 21.4 Å². The van der Waals surface area contributed by atoms with E-state index in [9.17, 15) is 54.3 Å². The minimum Gasteiger partial charge on any atom is -0.508 e. The summed E-state index contributed by atoms with van der Waals surface area (Å²) in [4.78, 5) is 82.4. The van der Waals surface area contributed by atoms with Gasteiger partial charge in [-0.3, -0.25) is 29.0 Å². The van der Waals surface area contributed by atoms with Gasteiger partial charge in [-0.2, -0.15) is 0 Å². The number of nitrogens with zero attached hydrogens (tertiary/aromatic N) is 1. The number of phenolic OH excluding ortho intramolecular Hbond substituents is 1. The number of esters is 1.